The molecular weight excluding hydrogens is 415 g/mol. The third kappa shape index (κ3) is 3.81. The number of ether oxygens (including phenoxy) is 1. The summed E-state index contributed by atoms with van der Waals surface area (Å²) in [7, 11) is -3.27. The van der Waals surface area contributed by atoms with Gasteiger partial charge in [0.1, 0.15) is 11.5 Å². The predicted octanol–water partition coefficient (Wildman–Crippen LogP) is 5.90. The molecule has 142 valence electrons. The van der Waals surface area contributed by atoms with Crippen LogP contribution in [0.25, 0.3) is 11.3 Å². The minimum absolute atomic E-state index is 0.264. The van der Waals surface area contributed by atoms with Crippen molar-refractivity contribution in [1.82, 2.24) is 0 Å². The molecule has 0 amide bonds. The molecule has 4 rings (SSSR count). The van der Waals surface area contributed by atoms with E-state index >= 15 is 0 Å². The van der Waals surface area contributed by atoms with Crippen LogP contribution in [0.4, 0.5) is 0 Å². The molecule has 0 aliphatic carbocycles. The maximum atomic E-state index is 11.8. The maximum absolute atomic E-state index is 11.8. The number of para-hydroxylation sites is 1. The summed E-state index contributed by atoms with van der Waals surface area (Å²) < 4.78 is 29.8. The molecule has 28 heavy (non-hydrogen) atoms. The summed E-state index contributed by atoms with van der Waals surface area (Å²) in [5, 5.41) is 1.08. The molecule has 0 radical (unpaired) electrons. The number of hydrogen-bond acceptors (Lipinski definition) is 3. The Morgan fingerprint density at radius 2 is 1.50 bits per heavy atom. The number of allylic oxidation sites excluding steroid dienone is 1. The van der Waals surface area contributed by atoms with Crippen LogP contribution >= 0.6 is 23.2 Å². The second-order valence-electron chi connectivity index (χ2n) is 6.65. The van der Waals surface area contributed by atoms with E-state index in [0.29, 0.717) is 22.2 Å². The standard InChI is InChI=1S/C22H16Cl2O3S/c1-28(25,26)19-8-6-14(7-9-19)22-20(16-10-17(23)13-18(24)11-16)12-15-4-2-3-5-21(15)27-22/h2-11,13H,12H2,1H3. The third-order valence-corrected chi connectivity index (χ3v) is 6.15. The summed E-state index contributed by atoms with van der Waals surface area (Å²) in [5.74, 6) is 1.44. The lowest BCUT2D eigenvalue weighted by Gasteiger charge is -2.24. The Morgan fingerprint density at radius 1 is 0.857 bits per heavy atom. The molecule has 0 fully saturated rings. The van der Waals surface area contributed by atoms with Gasteiger partial charge < -0.3 is 4.74 Å². The molecule has 3 aromatic carbocycles. The first-order valence-corrected chi connectivity index (χ1v) is 11.2. The van der Waals surface area contributed by atoms with Crippen molar-refractivity contribution >= 4 is 44.4 Å². The largest absolute Gasteiger partial charge is 0.456 e. The van der Waals surface area contributed by atoms with E-state index in [2.05, 4.69) is 0 Å². The van der Waals surface area contributed by atoms with E-state index in [0.717, 1.165) is 28.0 Å². The number of rotatable bonds is 3. The zero-order chi connectivity index (χ0) is 19.9. The van der Waals surface area contributed by atoms with Gasteiger partial charge in [0.15, 0.2) is 9.84 Å². The van der Waals surface area contributed by atoms with Crippen LogP contribution in [0.5, 0.6) is 5.75 Å². The Morgan fingerprint density at radius 3 is 2.14 bits per heavy atom. The molecule has 3 aromatic rings. The number of benzene rings is 3. The van der Waals surface area contributed by atoms with Gasteiger partial charge in [-0.05, 0) is 59.7 Å². The topological polar surface area (TPSA) is 43.4 Å². The normalized spacial score (nSPS) is 13.8. The Bertz CT molecular complexity index is 1180. The smallest absolute Gasteiger partial charge is 0.175 e. The van der Waals surface area contributed by atoms with Gasteiger partial charge in [-0.2, -0.15) is 0 Å². The van der Waals surface area contributed by atoms with Crippen LogP contribution in [-0.4, -0.2) is 14.7 Å². The molecule has 0 atom stereocenters. The summed E-state index contributed by atoms with van der Waals surface area (Å²) in [6, 6.07) is 19.9. The Hall–Kier alpha value is -2.27. The van der Waals surface area contributed by atoms with Crippen LogP contribution in [0.15, 0.2) is 71.6 Å². The van der Waals surface area contributed by atoms with Crippen molar-refractivity contribution in [2.24, 2.45) is 0 Å². The molecule has 0 bridgehead atoms. The molecule has 6 heteroatoms. The van der Waals surface area contributed by atoms with Crippen LogP contribution in [0.1, 0.15) is 16.7 Å². The van der Waals surface area contributed by atoms with Crippen molar-refractivity contribution < 1.29 is 13.2 Å². The number of sulfone groups is 1. The van der Waals surface area contributed by atoms with Gasteiger partial charge in [0.2, 0.25) is 0 Å². The molecule has 0 unspecified atom stereocenters. The van der Waals surface area contributed by atoms with E-state index in [1.165, 1.54) is 6.26 Å². The van der Waals surface area contributed by atoms with Crippen molar-refractivity contribution in [3.63, 3.8) is 0 Å². The van der Waals surface area contributed by atoms with E-state index < -0.39 is 9.84 Å². The summed E-state index contributed by atoms with van der Waals surface area (Å²) in [6.07, 6.45) is 1.84. The van der Waals surface area contributed by atoms with Crippen LogP contribution in [-0.2, 0) is 16.3 Å². The van der Waals surface area contributed by atoms with Crippen molar-refractivity contribution in [3.05, 3.63) is 93.5 Å². The first kappa shape index (κ1) is 19.1. The molecule has 1 heterocycles. The fourth-order valence-corrected chi connectivity index (χ4v) is 4.40. The van der Waals surface area contributed by atoms with Crippen LogP contribution in [0.3, 0.4) is 0 Å². The van der Waals surface area contributed by atoms with E-state index in [1.54, 1.807) is 30.3 Å². The average Bonchev–Trinajstić information content (AvgIpc) is 2.65. The van der Waals surface area contributed by atoms with Gasteiger partial charge in [-0.25, -0.2) is 8.42 Å². The molecule has 0 N–H and O–H groups in total. The van der Waals surface area contributed by atoms with Gasteiger partial charge in [-0.15, -0.1) is 0 Å². The summed E-state index contributed by atoms with van der Waals surface area (Å²) in [4.78, 5) is 0.264. The number of fused-ring (bicyclic) bond motifs is 1. The molecule has 0 aromatic heterocycles. The van der Waals surface area contributed by atoms with Gasteiger partial charge in [0.05, 0.1) is 4.90 Å². The van der Waals surface area contributed by atoms with Crippen molar-refractivity contribution in [2.75, 3.05) is 6.26 Å². The van der Waals surface area contributed by atoms with Gasteiger partial charge in [0.25, 0.3) is 0 Å². The molecular formula is C22H16Cl2O3S. The van der Waals surface area contributed by atoms with E-state index in [1.807, 2.05) is 36.4 Å². The molecule has 0 saturated heterocycles. The zero-order valence-electron chi connectivity index (χ0n) is 14.9. The van der Waals surface area contributed by atoms with Crippen molar-refractivity contribution in [2.45, 2.75) is 11.3 Å². The van der Waals surface area contributed by atoms with Gasteiger partial charge in [0, 0.05) is 33.9 Å². The Balaban J connectivity index is 1.89. The molecule has 0 spiro atoms. The lowest BCUT2D eigenvalue weighted by molar-refractivity contribution is 0.502. The lowest BCUT2D eigenvalue weighted by Crippen LogP contribution is -2.09. The lowest BCUT2D eigenvalue weighted by atomic mass is 9.92. The van der Waals surface area contributed by atoms with E-state index in [-0.39, 0.29) is 4.90 Å². The summed E-state index contributed by atoms with van der Waals surface area (Å²) >= 11 is 12.4. The molecule has 1 aliphatic heterocycles. The first-order chi connectivity index (χ1) is 13.3. The first-order valence-electron chi connectivity index (χ1n) is 8.57. The second kappa shape index (κ2) is 7.28. The third-order valence-electron chi connectivity index (χ3n) is 4.58. The SMILES string of the molecule is CS(=O)(=O)c1ccc(C2=C(c3cc(Cl)cc(Cl)c3)Cc3ccccc3O2)cc1. The highest BCUT2D eigenvalue weighted by atomic mass is 35.5. The molecule has 3 nitrogen and oxygen atoms in total. The highest BCUT2D eigenvalue weighted by Gasteiger charge is 2.23. The second-order valence-corrected chi connectivity index (χ2v) is 9.54. The quantitative estimate of drug-likeness (QED) is 0.519. The number of halogens is 2. The number of hydrogen-bond donors (Lipinski definition) is 0. The maximum Gasteiger partial charge on any atom is 0.175 e. The van der Waals surface area contributed by atoms with Crippen molar-refractivity contribution in [1.29, 1.82) is 0 Å². The summed E-state index contributed by atoms with van der Waals surface area (Å²) in [6.45, 7) is 0. The highest BCUT2D eigenvalue weighted by molar-refractivity contribution is 7.90. The Kier molecular flexibility index (Phi) is 4.96. The highest BCUT2D eigenvalue weighted by Crippen LogP contribution is 2.40. The fraction of sp³-hybridized carbons (Fsp3) is 0.0909. The van der Waals surface area contributed by atoms with Crippen molar-refractivity contribution in [3.8, 4) is 5.75 Å². The van der Waals surface area contributed by atoms with Crippen LogP contribution < -0.4 is 4.74 Å². The van der Waals surface area contributed by atoms with Gasteiger partial charge in [-0.1, -0.05) is 41.4 Å². The van der Waals surface area contributed by atoms with Gasteiger partial charge >= 0.3 is 0 Å². The minimum Gasteiger partial charge on any atom is -0.456 e. The average molecular weight is 431 g/mol. The minimum atomic E-state index is -3.27. The van der Waals surface area contributed by atoms with Crippen LogP contribution in [0, 0.1) is 0 Å². The predicted molar refractivity (Wildman–Crippen MR) is 114 cm³/mol. The fourth-order valence-electron chi connectivity index (χ4n) is 3.24. The van der Waals surface area contributed by atoms with E-state index in [4.69, 9.17) is 27.9 Å². The zero-order valence-corrected chi connectivity index (χ0v) is 17.3. The monoisotopic (exact) mass is 430 g/mol. The molecule has 1 aliphatic rings. The molecule has 0 saturated carbocycles. The van der Waals surface area contributed by atoms with Gasteiger partial charge in [-0.3, -0.25) is 0 Å². The Labute approximate surface area is 174 Å². The summed E-state index contributed by atoms with van der Waals surface area (Å²) in [5.41, 5.74) is 3.66. The van der Waals surface area contributed by atoms with Crippen LogP contribution in [0.2, 0.25) is 10.0 Å². The van der Waals surface area contributed by atoms with E-state index in [9.17, 15) is 8.42 Å².